The molecule has 1 aliphatic heterocycles. The van der Waals surface area contributed by atoms with Gasteiger partial charge in [0.2, 0.25) is 5.43 Å². The lowest BCUT2D eigenvalue weighted by atomic mass is 9.85. The number of carbonyl (C=O) groups excluding carboxylic acids is 1. The largest absolute Gasteiger partial charge is 0.508 e. The van der Waals surface area contributed by atoms with Gasteiger partial charge < -0.3 is 24.1 Å². The summed E-state index contributed by atoms with van der Waals surface area (Å²) in [5.41, 5.74) is 0.895. The second-order valence-corrected chi connectivity index (χ2v) is 7.72. The maximum absolute atomic E-state index is 13.3. The summed E-state index contributed by atoms with van der Waals surface area (Å²) >= 11 is 0. The average Bonchev–Trinajstić information content (AvgIpc) is 2.79. The summed E-state index contributed by atoms with van der Waals surface area (Å²) in [7, 11) is 0. The number of benzene rings is 3. The van der Waals surface area contributed by atoms with Gasteiger partial charge in [0.15, 0.2) is 0 Å². The Morgan fingerprint density at radius 3 is 2.53 bits per heavy atom. The molecule has 0 amide bonds. The summed E-state index contributed by atoms with van der Waals surface area (Å²) < 4.78 is 41.0. The van der Waals surface area contributed by atoms with Gasteiger partial charge in [0.25, 0.3) is 0 Å². The van der Waals surface area contributed by atoms with E-state index in [-0.39, 0.29) is 40.2 Å². The van der Waals surface area contributed by atoms with Crippen molar-refractivity contribution in [3.05, 3.63) is 82.2 Å². The van der Waals surface area contributed by atoms with Crippen molar-refractivity contribution in [2.45, 2.75) is 19.0 Å². The van der Waals surface area contributed by atoms with E-state index in [9.17, 15) is 28.6 Å². The Labute approximate surface area is 190 Å². The van der Waals surface area contributed by atoms with E-state index < -0.39 is 29.7 Å². The third-order valence-electron chi connectivity index (χ3n) is 5.63. The molecule has 0 saturated carbocycles. The van der Waals surface area contributed by atoms with Crippen LogP contribution in [0.4, 0.5) is 8.78 Å². The fourth-order valence-corrected chi connectivity index (χ4v) is 4.16. The van der Waals surface area contributed by atoms with Crippen LogP contribution in [-0.4, -0.2) is 22.8 Å². The SMILES string of the molecule is O=C1C[C@@H](c2cccc(OC(F)F)c2)c2c(cc(O)c3c(=O)c(-c4ccc(O)cc4)coc23)O1. The van der Waals surface area contributed by atoms with Crippen molar-refractivity contribution in [2.75, 3.05) is 0 Å². The number of phenolic OH excluding ortho intramolecular Hbond substituents is 2. The minimum absolute atomic E-state index is 0.00645. The van der Waals surface area contributed by atoms with Crippen LogP contribution in [0.25, 0.3) is 22.1 Å². The molecular formula is C25H16F2O7. The van der Waals surface area contributed by atoms with Gasteiger partial charge >= 0.3 is 12.6 Å². The van der Waals surface area contributed by atoms with E-state index in [0.29, 0.717) is 16.7 Å². The van der Waals surface area contributed by atoms with E-state index in [1.807, 2.05) is 0 Å². The maximum atomic E-state index is 13.3. The fourth-order valence-electron chi connectivity index (χ4n) is 4.16. The van der Waals surface area contributed by atoms with Crippen molar-refractivity contribution >= 4 is 16.9 Å². The van der Waals surface area contributed by atoms with Gasteiger partial charge in [-0.3, -0.25) is 9.59 Å². The number of halogens is 2. The number of aromatic hydroxyl groups is 2. The van der Waals surface area contributed by atoms with Crippen molar-refractivity contribution in [1.29, 1.82) is 0 Å². The van der Waals surface area contributed by atoms with Crippen LogP contribution >= 0.6 is 0 Å². The number of rotatable bonds is 4. The van der Waals surface area contributed by atoms with Crippen LogP contribution < -0.4 is 14.9 Å². The van der Waals surface area contributed by atoms with Crippen LogP contribution in [0.5, 0.6) is 23.0 Å². The molecule has 1 aliphatic rings. The van der Waals surface area contributed by atoms with Gasteiger partial charge in [-0.2, -0.15) is 8.78 Å². The molecule has 0 bridgehead atoms. The second kappa shape index (κ2) is 8.18. The Morgan fingerprint density at radius 2 is 1.79 bits per heavy atom. The lowest BCUT2D eigenvalue weighted by Gasteiger charge is -2.26. The van der Waals surface area contributed by atoms with E-state index >= 15 is 0 Å². The maximum Gasteiger partial charge on any atom is 0.387 e. The van der Waals surface area contributed by atoms with Crippen LogP contribution in [-0.2, 0) is 4.79 Å². The van der Waals surface area contributed by atoms with Crippen molar-refractivity contribution in [1.82, 2.24) is 0 Å². The quantitative estimate of drug-likeness (QED) is 0.325. The van der Waals surface area contributed by atoms with Crippen molar-refractivity contribution in [3.63, 3.8) is 0 Å². The van der Waals surface area contributed by atoms with Crippen LogP contribution in [0.2, 0.25) is 0 Å². The Kier molecular flexibility index (Phi) is 5.16. The standard InChI is InChI=1S/C25H16F2O7/c26-25(27)33-15-3-1-2-13(8-15)16-9-20(30)34-19-10-18(29)22-23(31)17(11-32-24(22)21(16)19)12-4-6-14(28)7-5-12/h1-8,10-11,16,25,28-29H,9H2/t16-/m0/s1. The summed E-state index contributed by atoms with van der Waals surface area (Å²) in [6.07, 6.45) is 1.08. The monoisotopic (exact) mass is 466 g/mol. The smallest absolute Gasteiger partial charge is 0.387 e. The Morgan fingerprint density at radius 1 is 1.03 bits per heavy atom. The molecule has 7 nitrogen and oxygen atoms in total. The Bertz CT molecular complexity index is 1480. The first kappa shape index (κ1) is 21.4. The van der Waals surface area contributed by atoms with Gasteiger partial charge in [0.1, 0.15) is 40.2 Å². The molecule has 0 aliphatic carbocycles. The highest BCUT2D eigenvalue weighted by molar-refractivity contribution is 5.94. The molecule has 0 spiro atoms. The first-order valence-corrected chi connectivity index (χ1v) is 10.2. The summed E-state index contributed by atoms with van der Waals surface area (Å²) in [6, 6.07) is 12.9. The molecule has 2 N–H and O–H groups in total. The number of hydrogen-bond acceptors (Lipinski definition) is 7. The Balaban J connectivity index is 1.72. The van der Waals surface area contributed by atoms with Crippen LogP contribution in [0, 0.1) is 0 Å². The van der Waals surface area contributed by atoms with E-state index in [0.717, 1.165) is 0 Å². The molecule has 0 radical (unpaired) electrons. The zero-order valence-electron chi connectivity index (χ0n) is 17.3. The van der Waals surface area contributed by atoms with Crippen LogP contribution in [0.1, 0.15) is 23.5 Å². The highest BCUT2D eigenvalue weighted by Crippen LogP contribution is 2.46. The number of fused-ring (bicyclic) bond motifs is 3. The molecule has 0 fully saturated rings. The summed E-state index contributed by atoms with van der Waals surface area (Å²) in [6.45, 7) is -3.02. The number of carbonyl (C=O) groups is 1. The second-order valence-electron chi connectivity index (χ2n) is 7.72. The molecule has 2 heterocycles. The first-order valence-electron chi connectivity index (χ1n) is 10.2. The molecule has 172 valence electrons. The highest BCUT2D eigenvalue weighted by Gasteiger charge is 2.34. The molecule has 4 aromatic rings. The third kappa shape index (κ3) is 3.71. The molecule has 9 heteroatoms. The van der Waals surface area contributed by atoms with Gasteiger partial charge in [-0.25, -0.2) is 0 Å². The van der Waals surface area contributed by atoms with Crippen molar-refractivity contribution in [3.8, 4) is 34.1 Å². The molecule has 34 heavy (non-hydrogen) atoms. The number of alkyl halides is 2. The van der Waals surface area contributed by atoms with E-state index in [1.165, 1.54) is 54.8 Å². The molecule has 0 saturated heterocycles. The fraction of sp³-hybridized carbons (Fsp3) is 0.120. The van der Waals surface area contributed by atoms with E-state index in [4.69, 9.17) is 9.15 Å². The number of phenols is 2. The predicted octanol–water partition coefficient (Wildman–Crippen LogP) is 4.91. The normalized spacial score (nSPS) is 15.3. The van der Waals surface area contributed by atoms with Crippen molar-refractivity contribution < 1.29 is 37.7 Å². The van der Waals surface area contributed by atoms with E-state index in [2.05, 4.69) is 4.74 Å². The molecular weight excluding hydrogens is 450 g/mol. The first-order chi connectivity index (χ1) is 16.3. The van der Waals surface area contributed by atoms with E-state index in [1.54, 1.807) is 6.07 Å². The summed E-state index contributed by atoms with van der Waals surface area (Å²) in [5.74, 6) is -1.80. The van der Waals surface area contributed by atoms with Crippen LogP contribution in [0.3, 0.4) is 0 Å². The Hall–Kier alpha value is -4.40. The minimum Gasteiger partial charge on any atom is -0.508 e. The van der Waals surface area contributed by atoms with Crippen molar-refractivity contribution in [2.24, 2.45) is 0 Å². The zero-order chi connectivity index (χ0) is 24.0. The van der Waals surface area contributed by atoms with Gasteiger partial charge in [0, 0.05) is 17.5 Å². The minimum atomic E-state index is -3.02. The zero-order valence-corrected chi connectivity index (χ0v) is 17.3. The number of hydrogen-bond donors (Lipinski definition) is 2. The number of esters is 1. The number of ether oxygens (including phenoxy) is 2. The lowest BCUT2D eigenvalue weighted by molar-refractivity contribution is -0.135. The molecule has 1 atom stereocenters. The third-order valence-corrected chi connectivity index (χ3v) is 5.63. The van der Waals surface area contributed by atoms with Gasteiger partial charge in [-0.15, -0.1) is 0 Å². The molecule has 0 unspecified atom stereocenters. The lowest BCUT2D eigenvalue weighted by Crippen LogP contribution is -2.22. The summed E-state index contributed by atoms with van der Waals surface area (Å²) in [4.78, 5) is 25.6. The predicted molar refractivity (Wildman–Crippen MR) is 116 cm³/mol. The average molecular weight is 466 g/mol. The van der Waals surface area contributed by atoms with Gasteiger partial charge in [0.05, 0.1) is 12.0 Å². The molecule has 3 aromatic carbocycles. The van der Waals surface area contributed by atoms with Crippen LogP contribution in [0.15, 0.2) is 70.1 Å². The molecule has 1 aromatic heterocycles. The van der Waals surface area contributed by atoms with Gasteiger partial charge in [-0.05, 0) is 35.4 Å². The van der Waals surface area contributed by atoms with Gasteiger partial charge in [-0.1, -0.05) is 24.3 Å². The molecule has 5 rings (SSSR count). The summed E-state index contributed by atoms with van der Waals surface area (Å²) in [5, 5.41) is 20.0. The highest BCUT2D eigenvalue weighted by atomic mass is 19.3. The topological polar surface area (TPSA) is 106 Å².